The molecule has 2 aromatic rings. The maximum Gasteiger partial charge on any atom is 0.119 e. The van der Waals surface area contributed by atoms with E-state index in [0.717, 1.165) is 16.9 Å². The van der Waals surface area contributed by atoms with Crippen LogP contribution in [-0.2, 0) is 5.54 Å². The molecule has 0 radical (unpaired) electrons. The second-order valence-corrected chi connectivity index (χ2v) is 5.48. The average Bonchev–Trinajstić information content (AvgIpc) is 2.42. The van der Waals surface area contributed by atoms with E-state index >= 15 is 0 Å². The van der Waals surface area contributed by atoms with Crippen molar-refractivity contribution in [3.05, 3.63) is 64.7 Å². The van der Waals surface area contributed by atoms with Crippen LogP contribution in [0.1, 0.15) is 36.1 Å². The van der Waals surface area contributed by atoms with Gasteiger partial charge in [0.25, 0.3) is 0 Å². The molecule has 0 amide bonds. The zero-order valence-corrected chi connectivity index (χ0v) is 12.7. The molecule has 2 heteroatoms. The van der Waals surface area contributed by atoms with Gasteiger partial charge in [0.15, 0.2) is 0 Å². The van der Waals surface area contributed by atoms with E-state index in [1.807, 2.05) is 25.1 Å². The first-order chi connectivity index (χ1) is 9.45. The van der Waals surface area contributed by atoms with Crippen LogP contribution in [0.5, 0.6) is 5.75 Å². The molecule has 0 aromatic heterocycles. The van der Waals surface area contributed by atoms with Crippen molar-refractivity contribution in [3.8, 4) is 5.75 Å². The van der Waals surface area contributed by atoms with Crippen LogP contribution in [0, 0.1) is 13.8 Å². The largest absolute Gasteiger partial charge is 0.494 e. The van der Waals surface area contributed by atoms with Crippen LogP contribution in [0.25, 0.3) is 0 Å². The first-order valence-electron chi connectivity index (χ1n) is 7.05. The summed E-state index contributed by atoms with van der Waals surface area (Å²) in [4.78, 5) is 0. The molecule has 0 aliphatic carbocycles. The third-order valence-corrected chi connectivity index (χ3v) is 3.70. The Kier molecular flexibility index (Phi) is 4.15. The van der Waals surface area contributed by atoms with E-state index in [2.05, 4.69) is 45.0 Å². The molecular weight excluding hydrogens is 246 g/mol. The van der Waals surface area contributed by atoms with Gasteiger partial charge in [-0.15, -0.1) is 0 Å². The number of benzene rings is 2. The van der Waals surface area contributed by atoms with Crippen molar-refractivity contribution in [3.63, 3.8) is 0 Å². The summed E-state index contributed by atoms with van der Waals surface area (Å²) in [7, 11) is 0. The van der Waals surface area contributed by atoms with E-state index < -0.39 is 5.54 Å². The number of ether oxygens (including phenoxy) is 1. The molecule has 2 N–H and O–H groups in total. The van der Waals surface area contributed by atoms with Gasteiger partial charge < -0.3 is 10.5 Å². The Bertz CT molecular complexity index is 602. The summed E-state index contributed by atoms with van der Waals surface area (Å²) in [6, 6.07) is 14.5. The number of hydrogen-bond donors (Lipinski definition) is 1. The van der Waals surface area contributed by atoms with Crippen molar-refractivity contribution in [2.45, 2.75) is 33.2 Å². The highest BCUT2D eigenvalue weighted by atomic mass is 16.5. The molecule has 0 bridgehead atoms. The Labute approximate surface area is 121 Å². The van der Waals surface area contributed by atoms with E-state index in [1.54, 1.807) is 0 Å². The van der Waals surface area contributed by atoms with Gasteiger partial charge in [0.2, 0.25) is 0 Å². The van der Waals surface area contributed by atoms with Gasteiger partial charge in [0.05, 0.1) is 12.1 Å². The van der Waals surface area contributed by atoms with Crippen molar-refractivity contribution in [1.82, 2.24) is 0 Å². The Hall–Kier alpha value is -1.80. The predicted octanol–water partition coefficient (Wildman–Crippen LogP) is 3.92. The molecule has 20 heavy (non-hydrogen) atoms. The third-order valence-electron chi connectivity index (χ3n) is 3.70. The van der Waals surface area contributed by atoms with Crippen molar-refractivity contribution in [2.75, 3.05) is 6.61 Å². The van der Waals surface area contributed by atoms with Gasteiger partial charge in [-0.25, -0.2) is 0 Å². The Morgan fingerprint density at radius 2 is 1.85 bits per heavy atom. The van der Waals surface area contributed by atoms with Crippen molar-refractivity contribution < 1.29 is 4.74 Å². The molecule has 2 rings (SSSR count). The zero-order chi connectivity index (χ0) is 14.8. The van der Waals surface area contributed by atoms with Crippen LogP contribution in [0.15, 0.2) is 42.5 Å². The number of nitrogens with two attached hydrogens (primary N) is 1. The lowest BCUT2D eigenvalue weighted by molar-refractivity contribution is 0.339. The summed E-state index contributed by atoms with van der Waals surface area (Å²) < 4.78 is 5.58. The lowest BCUT2D eigenvalue weighted by Crippen LogP contribution is -2.35. The highest BCUT2D eigenvalue weighted by Gasteiger charge is 2.25. The fraction of sp³-hybridized carbons (Fsp3) is 0.333. The second-order valence-electron chi connectivity index (χ2n) is 5.48. The highest BCUT2D eigenvalue weighted by Crippen LogP contribution is 2.31. The molecule has 106 valence electrons. The topological polar surface area (TPSA) is 35.2 Å². The monoisotopic (exact) mass is 269 g/mol. The molecule has 0 fully saturated rings. The lowest BCUT2D eigenvalue weighted by Gasteiger charge is -2.28. The molecular formula is C18H23NO. The fourth-order valence-electron chi connectivity index (χ4n) is 2.53. The van der Waals surface area contributed by atoms with Gasteiger partial charge in [0.1, 0.15) is 5.75 Å². The zero-order valence-electron chi connectivity index (χ0n) is 12.7. The van der Waals surface area contributed by atoms with E-state index in [0.29, 0.717) is 6.61 Å². The third kappa shape index (κ3) is 2.86. The van der Waals surface area contributed by atoms with Gasteiger partial charge in [-0.05, 0) is 56.5 Å². The van der Waals surface area contributed by atoms with Crippen LogP contribution < -0.4 is 10.5 Å². The van der Waals surface area contributed by atoms with Gasteiger partial charge in [0, 0.05) is 0 Å². The van der Waals surface area contributed by atoms with E-state index in [4.69, 9.17) is 10.5 Å². The van der Waals surface area contributed by atoms with Gasteiger partial charge in [-0.1, -0.05) is 35.9 Å². The maximum atomic E-state index is 6.64. The lowest BCUT2D eigenvalue weighted by atomic mass is 9.82. The molecule has 0 heterocycles. The Morgan fingerprint density at radius 1 is 1.10 bits per heavy atom. The van der Waals surface area contributed by atoms with Crippen LogP contribution in [0.2, 0.25) is 0 Å². The first kappa shape index (κ1) is 14.6. The smallest absolute Gasteiger partial charge is 0.119 e. The standard InChI is InChI=1S/C18H23NO/c1-5-20-16-8-6-7-15(12-16)18(4,19)17-11-13(2)9-10-14(17)3/h6-12H,5,19H2,1-4H3. The van der Waals surface area contributed by atoms with Gasteiger partial charge in [-0.2, -0.15) is 0 Å². The summed E-state index contributed by atoms with van der Waals surface area (Å²) in [5.74, 6) is 0.868. The van der Waals surface area contributed by atoms with E-state index in [1.165, 1.54) is 11.1 Å². The Morgan fingerprint density at radius 3 is 2.55 bits per heavy atom. The molecule has 0 aliphatic heterocycles. The summed E-state index contributed by atoms with van der Waals surface area (Å²) in [5, 5.41) is 0. The minimum absolute atomic E-state index is 0.525. The molecule has 0 saturated heterocycles. The minimum Gasteiger partial charge on any atom is -0.494 e. The average molecular weight is 269 g/mol. The normalized spacial score (nSPS) is 13.8. The molecule has 0 spiro atoms. The number of hydrogen-bond acceptors (Lipinski definition) is 2. The molecule has 0 aliphatic rings. The number of rotatable bonds is 4. The van der Waals surface area contributed by atoms with Crippen LogP contribution in [0.4, 0.5) is 0 Å². The van der Waals surface area contributed by atoms with Crippen LogP contribution >= 0.6 is 0 Å². The quantitative estimate of drug-likeness (QED) is 0.913. The summed E-state index contributed by atoms with van der Waals surface area (Å²) in [5.41, 5.74) is 10.8. The van der Waals surface area contributed by atoms with Crippen LogP contribution in [0.3, 0.4) is 0 Å². The molecule has 1 atom stereocenters. The SMILES string of the molecule is CCOc1cccc(C(C)(N)c2cc(C)ccc2C)c1. The number of aryl methyl sites for hydroxylation is 2. The highest BCUT2D eigenvalue weighted by molar-refractivity contribution is 5.45. The van der Waals surface area contributed by atoms with Crippen LogP contribution in [-0.4, -0.2) is 6.61 Å². The molecule has 0 saturated carbocycles. The fourth-order valence-corrected chi connectivity index (χ4v) is 2.53. The van der Waals surface area contributed by atoms with Crippen molar-refractivity contribution in [2.24, 2.45) is 5.73 Å². The molecule has 2 nitrogen and oxygen atoms in total. The van der Waals surface area contributed by atoms with Gasteiger partial charge in [-0.3, -0.25) is 0 Å². The second kappa shape index (κ2) is 5.68. The predicted molar refractivity (Wildman–Crippen MR) is 84.2 cm³/mol. The first-order valence-corrected chi connectivity index (χ1v) is 7.05. The summed E-state index contributed by atoms with van der Waals surface area (Å²) >= 11 is 0. The Balaban J connectivity index is 2.48. The molecule has 1 unspecified atom stereocenters. The maximum absolute atomic E-state index is 6.64. The van der Waals surface area contributed by atoms with Crippen molar-refractivity contribution >= 4 is 0 Å². The minimum atomic E-state index is -0.525. The van der Waals surface area contributed by atoms with E-state index in [9.17, 15) is 0 Å². The van der Waals surface area contributed by atoms with E-state index in [-0.39, 0.29) is 0 Å². The van der Waals surface area contributed by atoms with Crippen molar-refractivity contribution in [1.29, 1.82) is 0 Å². The van der Waals surface area contributed by atoms with Gasteiger partial charge >= 0.3 is 0 Å². The molecule has 2 aromatic carbocycles. The summed E-state index contributed by atoms with van der Waals surface area (Å²) in [6.45, 7) is 8.90. The summed E-state index contributed by atoms with van der Waals surface area (Å²) in [6.07, 6.45) is 0.